The summed E-state index contributed by atoms with van der Waals surface area (Å²) in [6, 6.07) is 3.87. The topological polar surface area (TPSA) is 84.7 Å². The highest BCUT2D eigenvalue weighted by molar-refractivity contribution is 6.32. The molecule has 3 aromatic rings. The molecule has 0 radical (unpaired) electrons. The number of nitrogens with one attached hydrogen (secondary N) is 2. The maximum atomic E-state index is 12.4. The van der Waals surface area contributed by atoms with E-state index in [1.165, 1.54) is 0 Å². The predicted octanol–water partition coefficient (Wildman–Crippen LogP) is 4.02. The molecule has 1 aromatic carbocycles. The molecule has 4 rings (SSSR count). The van der Waals surface area contributed by atoms with Crippen molar-refractivity contribution in [2.45, 2.75) is 38.5 Å². The third-order valence-electron chi connectivity index (χ3n) is 5.14. The summed E-state index contributed by atoms with van der Waals surface area (Å²) < 4.78 is 1.71. The predicted molar refractivity (Wildman–Crippen MR) is 117 cm³/mol. The van der Waals surface area contributed by atoms with Gasteiger partial charge in [0.1, 0.15) is 0 Å². The second-order valence-corrected chi connectivity index (χ2v) is 7.99. The van der Waals surface area contributed by atoms with E-state index >= 15 is 0 Å². The van der Waals surface area contributed by atoms with Crippen LogP contribution in [0.1, 0.15) is 52.7 Å². The number of hydrogen-bond acceptors (Lipinski definition) is 5. The second kappa shape index (κ2) is 8.83. The molecule has 1 saturated carbocycles. The van der Waals surface area contributed by atoms with E-state index < -0.39 is 0 Å². The Balaban J connectivity index is 1.46. The Morgan fingerprint density at radius 2 is 1.97 bits per heavy atom. The molecule has 0 unspecified atom stereocenters. The van der Waals surface area contributed by atoms with Crippen molar-refractivity contribution in [3.63, 3.8) is 0 Å². The van der Waals surface area contributed by atoms with Crippen molar-refractivity contribution in [3.8, 4) is 0 Å². The molecule has 0 saturated heterocycles. The Bertz CT molecular complexity index is 1040. The van der Waals surface area contributed by atoms with Gasteiger partial charge >= 0.3 is 0 Å². The summed E-state index contributed by atoms with van der Waals surface area (Å²) in [7, 11) is 1.86. The first kappa shape index (κ1) is 20.3. The fraction of sp³-hybridized carbons (Fsp3) is 0.364. The third kappa shape index (κ3) is 4.79. The average Bonchev–Trinajstić information content (AvgIpc) is 3.50. The summed E-state index contributed by atoms with van der Waals surface area (Å²) in [5.41, 5.74) is 4.64. The Labute approximate surface area is 180 Å². The quantitative estimate of drug-likeness (QED) is 0.570. The molecule has 0 aliphatic heterocycles. The minimum atomic E-state index is -0.0496. The van der Waals surface area contributed by atoms with Crippen LogP contribution in [0, 0.1) is 0 Å². The molecule has 7 nitrogen and oxygen atoms in total. The Morgan fingerprint density at radius 3 is 2.60 bits per heavy atom. The molecule has 0 atom stereocenters. The van der Waals surface area contributed by atoms with Gasteiger partial charge < -0.3 is 10.6 Å². The van der Waals surface area contributed by atoms with Gasteiger partial charge in [-0.3, -0.25) is 9.48 Å². The van der Waals surface area contributed by atoms with Crippen LogP contribution >= 0.6 is 11.6 Å². The van der Waals surface area contributed by atoms with Crippen LogP contribution in [-0.4, -0.2) is 32.2 Å². The van der Waals surface area contributed by atoms with E-state index in [2.05, 4.69) is 25.7 Å². The van der Waals surface area contributed by atoms with Crippen LogP contribution in [0.15, 0.2) is 36.9 Å². The van der Waals surface area contributed by atoms with Crippen molar-refractivity contribution < 1.29 is 4.79 Å². The van der Waals surface area contributed by atoms with Crippen molar-refractivity contribution >= 4 is 29.1 Å². The van der Waals surface area contributed by atoms with Crippen LogP contribution in [0.5, 0.6) is 0 Å². The largest absolute Gasteiger partial charge is 0.352 e. The number of carbonyl (C=O) groups excluding carboxylic acids is 1. The number of hydrogen-bond donors (Lipinski definition) is 2. The van der Waals surface area contributed by atoms with Crippen molar-refractivity contribution in [2.75, 3.05) is 11.9 Å². The summed E-state index contributed by atoms with van der Waals surface area (Å²) in [5.74, 6) is 0.956. The maximum absolute atomic E-state index is 12.4. The van der Waals surface area contributed by atoms with Gasteiger partial charge in [0.2, 0.25) is 5.95 Å². The lowest BCUT2D eigenvalue weighted by atomic mass is 9.98. The molecule has 0 spiro atoms. The summed E-state index contributed by atoms with van der Waals surface area (Å²) in [4.78, 5) is 21.2. The first-order chi connectivity index (χ1) is 14.5. The Morgan fingerprint density at radius 1 is 1.20 bits per heavy atom. The molecular weight excluding hydrogens is 400 g/mol. The lowest BCUT2D eigenvalue weighted by Gasteiger charge is -2.13. The van der Waals surface area contributed by atoms with Gasteiger partial charge in [-0.05, 0) is 67.3 Å². The van der Waals surface area contributed by atoms with Crippen LogP contribution in [-0.2, 0) is 19.9 Å². The van der Waals surface area contributed by atoms with Crippen molar-refractivity contribution in [1.82, 2.24) is 25.1 Å². The highest BCUT2D eigenvalue weighted by atomic mass is 35.5. The van der Waals surface area contributed by atoms with E-state index in [-0.39, 0.29) is 5.91 Å². The van der Waals surface area contributed by atoms with E-state index in [1.54, 1.807) is 10.9 Å². The van der Waals surface area contributed by atoms with E-state index in [1.807, 2.05) is 44.7 Å². The van der Waals surface area contributed by atoms with Crippen LogP contribution in [0.2, 0.25) is 5.02 Å². The number of benzene rings is 1. The van der Waals surface area contributed by atoms with Crippen LogP contribution in [0.4, 0.5) is 11.6 Å². The van der Waals surface area contributed by atoms with Gasteiger partial charge in [0.25, 0.3) is 5.91 Å². The normalized spacial score (nSPS) is 13.3. The summed E-state index contributed by atoms with van der Waals surface area (Å²) >= 11 is 6.70. The molecule has 1 amide bonds. The minimum absolute atomic E-state index is 0.0496. The molecule has 2 aromatic heterocycles. The average molecular weight is 425 g/mol. The van der Waals surface area contributed by atoms with Gasteiger partial charge in [-0.25, -0.2) is 9.97 Å². The highest BCUT2D eigenvalue weighted by Gasteiger charge is 2.28. The molecule has 156 valence electrons. The molecule has 1 fully saturated rings. The fourth-order valence-corrected chi connectivity index (χ4v) is 3.78. The number of halogens is 1. The Hall–Kier alpha value is -2.93. The summed E-state index contributed by atoms with van der Waals surface area (Å²) in [5, 5.41) is 10.9. The number of aromatic nitrogens is 4. The number of carbonyl (C=O) groups is 1. The fourth-order valence-electron chi connectivity index (χ4n) is 3.42. The number of aryl methyl sites for hydroxylation is 3. The lowest BCUT2D eigenvalue weighted by molar-refractivity contribution is 0.0955. The van der Waals surface area contributed by atoms with Crippen LogP contribution in [0.25, 0.3) is 0 Å². The summed E-state index contributed by atoms with van der Waals surface area (Å²) in [6.45, 7) is 2.52. The van der Waals surface area contributed by atoms with E-state index in [4.69, 9.17) is 11.6 Å². The van der Waals surface area contributed by atoms with E-state index in [0.29, 0.717) is 24.0 Å². The first-order valence-electron chi connectivity index (χ1n) is 10.2. The zero-order chi connectivity index (χ0) is 21.1. The van der Waals surface area contributed by atoms with E-state index in [0.717, 1.165) is 53.1 Å². The van der Waals surface area contributed by atoms with Crippen LogP contribution < -0.4 is 10.6 Å². The van der Waals surface area contributed by atoms with Gasteiger partial charge in [-0.15, -0.1) is 0 Å². The van der Waals surface area contributed by atoms with Gasteiger partial charge in [-0.1, -0.05) is 11.6 Å². The lowest BCUT2D eigenvalue weighted by Crippen LogP contribution is -2.23. The molecule has 0 bridgehead atoms. The highest BCUT2D eigenvalue weighted by Crippen LogP contribution is 2.44. The van der Waals surface area contributed by atoms with E-state index in [9.17, 15) is 4.79 Å². The second-order valence-electron chi connectivity index (χ2n) is 7.61. The zero-order valence-electron chi connectivity index (χ0n) is 17.2. The minimum Gasteiger partial charge on any atom is -0.352 e. The third-order valence-corrected chi connectivity index (χ3v) is 5.60. The molecule has 2 heterocycles. The SMILES string of the molecule is CCNC(=O)c1cc(CCc2cnc(Nc3cnn(C)c3)nc2)c(Cl)c(C2CC2)c1. The molecule has 30 heavy (non-hydrogen) atoms. The Kier molecular flexibility index (Phi) is 5.99. The van der Waals surface area contributed by atoms with Gasteiger partial charge in [0.15, 0.2) is 0 Å². The van der Waals surface area contributed by atoms with Gasteiger partial charge in [0.05, 0.1) is 11.9 Å². The number of nitrogens with zero attached hydrogens (tertiary/aromatic N) is 4. The smallest absolute Gasteiger partial charge is 0.251 e. The molecule has 8 heteroatoms. The summed E-state index contributed by atoms with van der Waals surface area (Å²) in [6.07, 6.45) is 11.0. The monoisotopic (exact) mass is 424 g/mol. The number of anilines is 2. The molecule has 1 aliphatic carbocycles. The molecular formula is C22H25ClN6O. The maximum Gasteiger partial charge on any atom is 0.251 e. The van der Waals surface area contributed by atoms with Crippen molar-refractivity contribution in [3.05, 3.63) is 64.2 Å². The standard InChI is InChI=1S/C22H25ClN6O/c1-3-24-21(30)17-8-16(20(23)19(9-17)15-6-7-15)5-4-14-10-25-22(26-11-14)28-18-12-27-29(2)13-18/h8-13,15H,3-7H2,1-2H3,(H,24,30)(H,25,26,28). The van der Waals surface area contributed by atoms with Gasteiger partial charge in [0, 0.05) is 42.8 Å². The van der Waals surface area contributed by atoms with Crippen molar-refractivity contribution in [1.29, 1.82) is 0 Å². The number of rotatable bonds is 8. The van der Waals surface area contributed by atoms with Crippen LogP contribution in [0.3, 0.4) is 0 Å². The number of amides is 1. The van der Waals surface area contributed by atoms with Crippen molar-refractivity contribution in [2.24, 2.45) is 7.05 Å². The van der Waals surface area contributed by atoms with Gasteiger partial charge in [-0.2, -0.15) is 5.10 Å². The molecule has 1 aliphatic rings. The first-order valence-corrected chi connectivity index (χ1v) is 10.6. The molecule has 2 N–H and O–H groups in total. The zero-order valence-corrected chi connectivity index (χ0v) is 17.9.